The number of nitrogens with one attached hydrogen (secondary N) is 1. The third-order valence-electron chi connectivity index (χ3n) is 2.67. The van der Waals surface area contributed by atoms with Gasteiger partial charge in [-0.25, -0.2) is 9.97 Å². The van der Waals surface area contributed by atoms with Crippen LogP contribution in [0.3, 0.4) is 0 Å². The number of benzene rings is 1. The summed E-state index contributed by atoms with van der Waals surface area (Å²) >= 11 is 6.13. The molecule has 2 heterocycles. The molecule has 3 rings (SSSR count). The van der Waals surface area contributed by atoms with E-state index in [1.807, 2.05) is 30.3 Å². The van der Waals surface area contributed by atoms with Crippen molar-refractivity contribution in [1.82, 2.24) is 15.3 Å². The largest absolute Gasteiger partial charge is 0.307 e. The number of rotatable bonds is 1. The third-order valence-corrected chi connectivity index (χ3v) is 2.98. The summed E-state index contributed by atoms with van der Waals surface area (Å²) in [5.74, 6) is 0.702. The van der Waals surface area contributed by atoms with Crippen LogP contribution in [0.4, 0.5) is 0 Å². The number of hydrogen-bond acceptors (Lipinski definition) is 3. The maximum atomic E-state index is 6.13. The first-order valence-corrected chi connectivity index (χ1v) is 5.54. The predicted octanol–water partition coefficient (Wildman–Crippen LogP) is 2.40. The summed E-state index contributed by atoms with van der Waals surface area (Å²) in [6, 6.07) is 9.89. The Morgan fingerprint density at radius 3 is 2.69 bits per heavy atom. The minimum Gasteiger partial charge on any atom is -0.307 e. The van der Waals surface area contributed by atoms with E-state index >= 15 is 0 Å². The van der Waals surface area contributed by atoms with Crippen molar-refractivity contribution in [2.75, 3.05) is 0 Å². The second kappa shape index (κ2) is 3.85. The van der Waals surface area contributed by atoms with E-state index in [4.69, 9.17) is 11.6 Å². The zero-order chi connectivity index (χ0) is 11.0. The molecule has 0 radical (unpaired) electrons. The molecule has 0 atom stereocenters. The highest BCUT2D eigenvalue weighted by Gasteiger charge is 2.17. The summed E-state index contributed by atoms with van der Waals surface area (Å²) in [6.45, 7) is 1.54. The molecule has 16 heavy (non-hydrogen) atoms. The van der Waals surface area contributed by atoms with Crippen LogP contribution in [-0.4, -0.2) is 9.97 Å². The van der Waals surface area contributed by atoms with Gasteiger partial charge >= 0.3 is 0 Å². The molecule has 80 valence electrons. The Morgan fingerprint density at radius 2 is 1.88 bits per heavy atom. The summed E-state index contributed by atoms with van der Waals surface area (Å²) in [4.78, 5) is 8.86. The first kappa shape index (κ1) is 9.75. The van der Waals surface area contributed by atoms with E-state index in [0.29, 0.717) is 11.0 Å². The Morgan fingerprint density at radius 1 is 1.06 bits per heavy atom. The van der Waals surface area contributed by atoms with Crippen LogP contribution in [0.2, 0.25) is 5.15 Å². The number of aromatic nitrogens is 2. The molecule has 1 aliphatic rings. The van der Waals surface area contributed by atoms with Crippen molar-refractivity contribution in [2.45, 2.75) is 13.1 Å². The van der Waals surface area contributed by atoms with Crippen LogP contribution < -0.4 is 5.32 Å². The summed E-state index contributed by atoms with van der Waals surface area (Å²) < 4.78 is 0. The molecule has 1 aromatic carbocycles. The van der Waals surface area contributed by atoms with Crippen molar-refractivity contribution in [1.29, 1.82) is 0 Å². The van der Waals surface area contributed by atoms with Crippen molar-refractivity contribution < 1.29 is 0 Å². The van der Waals surface area contributed by atoms with E-state index < -0.39 is 0 Å². The first-order valence-electron chi connectivity index (χ1n) is 5.16. The lowest BCUT2D eigenvalue weighted by atomic mass is 10.2. The summed E-state index contributed by atoms with van der Waals surface area (Å²) in [7, 11) is 0. The van der Waals surface area contributed by atoms with E-state index in [1.54, 1.807) is 0 Å². The lowest BCUT2D eigenvalue weighted by Crippen LogP contribution is -2.00. The van der Waals surface area contributed by atoms with Crippen molar-refractivity contribution in [3.8, 4) is 11.4 Å². The third kappa shape index (κ3) is 1.58. The van der Waals surface area contributed by atoms with Gasteiger partial charge < -0.3 is 5.32 Å². The Bertz CT molecular complexity index is 525. The first-order chi connectivity index (χ1) is 7.84. The normalized spacial score (nSPS) is 13.8. The molecule has 0 fully saturated rings. The van der Waals surface area contributed by atoms with Crippen LogP contribution in [0, 0.1) is 0 Å². The molecule has 0 bridgehead atoms. The Labute approximate surface area is 98.5 Å². The van der Waals surface area contributed by atoms with Crippen molar-refractivity contribution in [3.05, 3.63) is 46.7 Å². The minimum absolute atomic E-state index is 0.564. The second-order valence-electron chi connectivity index (χ2n) is 3.73. The van der Waals surface area contributed by atoms with Crippen LogP contribution in [0.1, 0.15) is 11.3 Å². The van der Waals surface area contributed by atoms with Crippen LogP contribution in [0.5, 0.6) is 0 Å². The monoisotopic (exact) mass is 231 g/mol. The summed E-state index contributed by atoms with van der Waals surface area (Å²) in [5.41, 5.74) is 3.04. The highest BCUT2D eigenvalue weighted by atomic mass is 35.5. The van der Waals surface area contributed by atoms with Gasteiger partial charge in [0.2, 0.25) is 0 Å². The lowest BCUT2D eigenvalue weighted by molar-refractivity contribution is 0.758. The van der Waals surface area contributed by atoms with Gasteiger partial charge in [-0.15, -0.1) is 0 Å². The molecule has 3 nitrogen and oxygen atoms in total. The Hall–Kier alpha value is -1.45. The molecule has 0 unspecified atom stereocenters. The van der Waals surface area contributed by atoms with Gasteiger partial charge in [-0.2, -0.15) is 0 Å². The fourth-order valence-corrected chi connectivity index (χ4v) is 2.10. The molecule has 2 aromatic rings. The van der Waals surface area contributed by atoms with E-state index in [0.717, 1.165) is 29.9 Å². The molecular weight excluding hydrogens is 222 g/mol. The highest BCUT2D eigenvalue weighted by molar-refractivity contribution is 6.30. The van der Waals surface area contributed by atoms with E-state index in [9.17, 15) is 0 Å². The van der Waals surface area contributed by atoms with Gasteiger partial charge in [-0.3, -0.25) is 0 Å². The standard InChI is InChI=1S/C12H10ClN3/c13-11-9-6-14-7-10(9)15-12(16-11)8-4-2-1-3-5-8/h1-5,14H,6-7H2. The van der Waals surface area contributed by atoms with Crippen molar-refractivity contribution >= 4 is 11.6 Å². The Kier molecular flexibility index (Phi) is 2.35. The highest BCUT2D eigenvalue weighted by Crippen LogP contribution is 2.24. The average Bonchev–Trinajstić information content (AvgIpc) is 2.79. The van der Waals surface area contributed by atoms with Crippen LogP contribution >= 0.6 is 11.6 Å². The molecule has 0 spiro atoms. The predicted molar refractivity (Wildman–Crippen MR) is 63.0 cm³/mol. The summed E-state index contributed by atoms with van der Waals surface area (Å²) in [5, 5.41) is 3.78. The van der Waals surface area contributed by atoms with Gasteiger partial charge in [0.15, 0.2) is 5.82 Å². The quantitative estimate of drug-likeness (QED) is 0.766. The zero-order valence-electron chi connectivity index (χ0n) is 8.57. The maximum Gasteiger partial charge on any atom is 0.161 e. The lowest BCUT2D eigenvalue weighted by Gasteiger charge is -2.04. The number of hydrogen-bond donors (Lipinski definition) is 1. The molecule has 0 saturated carbocycles. The van der Waals surface area contributed by atoms with Crippen LogP contribution in [-0.2, 0) is 13.1 Å². The van der Waals surface area contributed by atoms with Crippen molar-refractivity contribution in [3.63, 3.8) is 0 Å². The van der Waals surface area contributed by atoms with E-state index in [1.165, 1.54) is 0 Å². The fourth-order valence-electron chi connectivity index (χ4n) is 1.84. The SMILES string of the molecule is Clc1nc(-c2ccccc2)nc2c1CNC2. The minimum atomic E-state index is 0.564. The van der Waals surface area contributed by atoms with Crippen LogP contribution in [0.25, 0.3) is 11.4 Å². The molecule has 0 amide bonds. The van der Waals surface area contributed by atoms with Crippen molar-refractivity contribution in [2.24, 2.45) is 0 Å². The maximum absolute atomic E-state index is 6.13. The number of halogens is 1. The molecular formula is C12H10ClN3. The van der Waals surface area contributed by atoms with Gasteiger partial charge in [0, 0.05) is 24.2 Å². The smallest absolute Gasteiger partial charge is 0.161 e. The average molecular weight is 232 g/mol. The molecule has 4 heteroatoms. The fraction of sp³-hybridized carbons (Fsp3) is 0.167. The zero-order valence-corrected chi connectivity index (χ0v) is 9.33. The molecule has 1 aromatic heterocycles. The summed E-state index contributed by atoms with van der Waals surface area (Å²) in [6.07, 6.45) is 0. The number of fused-ring (bicyclic) bond motifs is 1. The molecule has 1 N–H and O–H groups in total. The van der Waals surface area contributed by atoms with E-state index in [-0.39, 0.29) is 0 Å². The van der Waals surface area contributed by atoms with Gasteiger partial charge in [-0.05, 0) is 0 Å². The van der Waals surface area contributed by atoms with Gasteiger partial charge in [0.05, 0.1) is 5.69 Å². The number of nitrogens with zero attached hydrogens (tertiary/aromatic N) is 2. The van der Waals surface area contributed by atoms with Gasteiger partial charge in [0.25, 0.3) is 0 Å². The molecule has 1 aliphatic heterocycles. The van der Waals surface area contributed by atoms with Gasteiger partial charge in [0.1, 0.15) is 5.15 Å². The van der Waals surface area contributed by atoms with E-state index in [2.05, 4.69) is 15.3 Å². The second-order valence-corrected chi connectivity index (χ2v) is 4.09. The Balaban J connectivity index is 2.13. The molecule has 0 saturated heterocycles. The molecule has 0 aliphatic carbocycles. The topological polar surface area (TPSA) is 37.8 Å². The van der Waals surface area contributed by atoms with Gasteiger partial charge in [-0.1, -0.05) is 41.9 Å². The van der Waals surface area contributed by atoms with Crippen LogP contribution in [0.15, 0.2) is 30.3 Å².